The molecule has 0 aliphatic rings. The van der Waals surface area contributed by atoms with Crippen molar-refractivity contribution in [3.8, 4) is 0 Å². The summed E-state index contributed by atoms with van der Waals surface area (Å²) in [5, 5.41) is 0. The molecule has 2 atom stereocenters. The van der Waals surface area contributed by atoms with Crippen LogP contribution in [0.5, 0.6) is 0 Å². The number of halogens is 2. The lowest BCUT2D eigenvalue weighted by Gasteiger charge is -2.17. The van der Waals surface area contributed by atoms with Crippen LogP contribution in [-0.4, -0.2) is 7.11 Å². The molecule has 0 saturated carbocycles. The van der Waals surface area contributed by atoms with E-state index in [9.17, 15) is 4.57 Å². The largest absolute Gasteiger partial charge is 0.403 e. The van der Waals surface area contributed by atoms with Gasteiger partial charge in [0, 0.05) is 7.11 Å². The summed E-state index contributed by atoms with van der Waals surface area (Å²) in [5.74, 6) is 0. The minimum absolute atomic E-state index is 0. The highest BCUT2D eigenvalue weighted by Gasteiger charge is 2.20. The number of hydrogen-bond acceptors (Lipinski definition) is 3. The fourth-order valence-corrected chi connectivity index (χ4v) is 1.70. The van der Waals surface area contributed by atoms with Crippen molar-refractivity contribution in [2.75, 3.05) is 7.11 Å². The van der Waals surface area contributed by atoms with Crippen molar-refractivity contribution >= 4 is 32.6 Å². The topological polar surface area (TPSA) is 61.5 Å². The molecule has 94 valence electrons. The molecule has 1 rings (SSSR count). The standard InChI is InChI=1S/C9H14NO3P.2ClH/c1-8(13-14(10,11)12-2)9-6-4-3-5-7-9;;/h3-8H,1-2H3,(H2,10,11);2*1H/t8-,14?;;/m0../s1. The minimum Gasteiger partial charge on any atom is -0.300 e. The molecule has 7 heteroatoms. The Hall–Kier alpha value is -0.0900. The predicted molar refractivity (Wildman–Crippen MR) is 69.2 cm³/mol. The van der Waals surface area contributed by atoms with Crippen molar-refractivity contribution in [1.29, 1.82) is 0 Å². The van der Waals surface area contributed by atoms with Crippen LogP contribution in [0.25, 0.3) is 0 Å². The molecule has 0 aromatic heterocycles. The summed E-state index contributed by atoms with van der Waals surface area (Å²) in [4.78, 5) is 0. The summed E-state index contributed by atoms with van der Waals surface area (Å²) < 4.78 is 20.9. The van der Waals surface area contributed by atoms with Gasteiger partial charge in [-0.25, -0.2) is 10.1 Å². The van der Waals surface area contributed by atoms with E-state index in [1.54, 1.807) is 6.92 Å². The lowest BCUT2D eigenvalue weighted by Crippen LogP contribution is -2.05. The van der Waals surface area contributed by atoms with Gasteiger partial charge in [0.2, 0.25) is 0 Å². The molecule has 2 N–H and O–H groups in total. The smallest absolute Gasteiger partial charge is 0.300 e. The Morgan fingerprint density at radius 1 is 1.25 bits per heavy atom. The van der Waals surface area contributed by atoms with Crippen molar-refractivity contribution < 1.29 is 13.6 Å². The molecular formula is C9H16Cl2NO3P. The molecule has 1 aromatic rings. The van der Waals surface area contributed by atoms with Crippen molar-refractivity contribution in [1.82, 2.24) is 0 Å². The molecule has 0 bridgehead atoms. The highest BCUT2D eigenvalue weighted by Crippen LogP contribution is 2.43. The molecule has 0 aliphatic carbocycles. The summed E-state index contributed by atoms with van der Waals surface area (Å²) in [6, 6.07) is 9.40. The monoisotopic (exact) mass is 287 g/mol. The SMILES string of the molecule is COP(N)(=O)O[C@@H](C)c1ccccc1.Cl.Cl. The maximum absolute atomic E-state index is 11.3. The third-order valence-corrected chi connectivity index (χ3v) is 2.95. The second kappa shape index (κ2) is 8.07. The van der Waals surface area contributed by atoms with Crippen LogP contribution in [0, 0.1) is 0 Å². The average molecular weight is 288 g/mol. The maximum atomic E-state index is 11.3. The molecule has 0 saturated heterocycles. The van der Waals surface area contributed by atoms with Crippen LogP contribution in [-0.2, 0) is 13.6 Å². The van der Waals surface area contributed by atoms with Crippen LogP contribution in [0.2, 0.25) is 0 Å². The van der Waals surface area contributed by atoms with Gasteiger partial charge in [-0.1, -0.05) is 30.3 Å². The van der Waals surface area contributed by atoms with E-state index in [4.69, 9.17) is 10.0 Å². The van der Waals surface area contributed by atoms with Crippen LogP contribution in [0.3, 0.4) is 0 Å². The Morgan fingerprint density at radius 2 is 1.75 bits per heavy atom. The first-order valence-electron chi connectivity index (χ1n) is 4.23. The second-order valence-electron chi connectivity index (χ2n) is 2.88. The Morgan fingerprint density at radius 3 is 2.19 bits per heavy atom. The predicted octanol–water partition coefficient (Wildman–Crippen LogP) is 3.32. The van der Waals surface area contributed by atoms with Gasteiger partial charge in [0.05, 0.1) is 6.10 Å². The van der Waals surface area contributed by atoms with E-state index in [0.717, 1.165) is 5.56 Å². The number of nitrogens with two attached hydrogens (primary N) is 1. The van der Waals surface area contributed by atoms with Gasteiger partial charge in [-0.15, -0.1) is 24.8 Å². The van der Waals surface area contributed by atoms with E-state index < -0.39 is 7.75 Å². The van der Waals surface area contributed by atoms with E-state index in [-0.39, 0.29) is 30.9 Å². The summed E-state index contributed by atoms with van der Waals surface area (Å²) in [5.41, 5.74) is 6.18. The van der Waals surface area contributed by atoms with Crippen LogP contribution < -0.4 is 5.50 Å². The third kappa shape index (κ3) is 5.85. The molecule has 0 heterocycles. The molecule has 0 fully saturated rings. The van der Waals surface area contributed by atoms with E-state index in [2.05, 4.69) is 4.52 Å². The number of benzene rings is 1. The van der Waals surface area contributed by atoms with Crippen molar-refractivity contribution in [3.05, 3.63) is 35.9 Å². The zero-order valence-corrected chi connectivity index (χ0v) is 11.6. The van der Waals surface area contributed by atoms with Gasteiger partial charge in [-0.3, -0.25) is 4.52 Å². The molecule has 0 spiro atoms. The Labute approximate surface area is 108 Å². The summed E-state index contributed by atoms with van der Waals surface area (Å²) in [7, 11) is -2.13. The fourth-order valence-electron chi connectivity index (χ4n) is 1.05. The van der Waals surface area contributed by atoms with Crippen molar-refractivity contribution in [2.45, 2.75) is 13.0 Å². The van der Waals surface area contributed by atoms with Gasteiger partial charge in [0.25, 0.3) is 0 Å². The van der Waals surface area contributed by atoms with Crippen molar-refractivity contribution in [3.63, 3.8) is 0 Å². The highest BCUT2D eigenvalue weighted by molar-refractivity contribution is 7.51. The van der Waals surface area contributed by atoms with Gasteiger partial charge in [-0.2, -0.15) is 0 Å². The lowest BCUT2D eigenvalue weighted by atomic mass is 10.1. The molecule has 16 heavy (non-hydrogen) atoms. The fraction of sp³-hybridized carbons (Fsp3) is 0.333. The Balaban J connectivity index is 0. The lowest BCUT2D eigenvalue weighted by molar-refractivity contribution is 0.176. The summed E-state index contributed by atoms with van der Waals surface area (Å²) in [6.45, 7) is 1.77. The summed E-state index contributed by atoms with van der Waals surface area (Å²) in [6.07, 6.45) is -0.341. The third-order valence-electron chi connectivity index (χ3n) is 1.83. The van der Waals surface area contributed by atoms with Crippen LogP contribution in [0.1, 0.15) is 18.6 Å². The molecule has 0 aliphatic heterocycles. The molecular weight excluding hydrogens is 272 g/mol. The second-order valence-corrected chi connectivity index (χ2v) is 4.54. The van der Waals surface area contributed by atoms with Gasteiger partial charge in [0.15, 0.2) is 0 Å². The van der Waals surface area contributed by atoms with Gasteiger partial charge < -0.3 is 4.52 Å². The number of rotatable bonds is 4. The minimum atomic E-state index is -3.40. The van der Waals surface area contributed by atoms with E-state index in [0.29, 0.717) is 0 Å². The van der Waals surface area contributed by atoms with Gasteiger partial charge in [-0.05, 0) is 12.5 Å². The number of hydrogen-bond donors (Lipinski definition) is 1. The highest BCUT2D eigenvalue weighted by atomic mass is 35.5. The van der Waals surface area contributed by atoms with E-state index >= 15 is 0 Å². The summed E-state index contributed by atoms with van der Waals surface area (Å²) >= 11 is 0. The maximum Gasteiger partial charge on any atom is 0.403 e. The molecule has 4 nitrogen and oxygen atoms in total. The van der Waals surface area contributed by atoms with E-state index in [1.807, 2.05) is 30.3 Å². The zero-order valence-electron chi connectivity index (χ0n) is 9.03. The quantitative estimate of drug-likeness (QED) is 0.863. The van der Waals surface area contributed by atoms with Crippen molar-refractivity contribution in [2.24, 2.45) is 5.50 Å². The van der Waals surface area contributed by atoms with Gasteiger partial charge in [0.1, 0.15) is 0 Å². The molecule has 1 unspecified atom stereocenters. The van der Waals surface area contributed by atoms with Crippen LogP contribution in [0.15, 0.2) is 30.3 Å². The van der Waals surface area contributed by atoms with Crippen LogP contribution in [0.4, 0.5) is 0 Å². The molecule has 1 aromatic carbocycles. The molecule has 0 radical (unpaired) electrons. The molecule has 0 amide bonds. The Kier molecular flexibility index (Phi) is 9.22. The zero-order chi connectivity index (χ0) is 10.6. The first-order valence-corrected chi connectivity index (χ1v) is 5.84. The normalized spacial score (nSPS) is 15.2. The first-order chi connectivity index (χ1) is 6.55. The average Bonchev–Trinajstić information content (AvgIpc) is 2.19. The first kappa shape index (κ1) is 18.3. The van der Waals surface area contributed by atoms with Gasteiger partial charge >= 0.3 is 7.75 Å². The van der Waals surface area contributed by atoms with E-state index in [1.165, 1.54) is 7.11 Å². The van der Waals surface area contributed by atoms with Crippen LogP contribution >= 0.6 is 32.6 Å². The Bertz CT molecular complexity index is 337.